The number of piperidine rings is 1. The van der Waals surface area contributed by atoms with E-state index < -0.39 is 0 Å². The van der Waals surface area contributed by atoms with E-state index in [1.54, 1.807) is 6.20 Å². The Labute approximate surface area is 171 Å². The summed E-state index contributed by atoms with van der Waals surface area (Å²) in [5.41, 5.74) is 2.73. The van der Waals surface area contributed by atoms with Gasteiger partial charge in [-0.2, -0.15) is 0 Å². The number of fused-ring (bicyclic) bond motifs is 1. The zero-order chi connectivity index (χ0) is 19.8. The normalized spacial score (nSPS) is 22.8. The number of likely N-dealkylation sites (tertiary alicyclic amines) is 2. The lowest BCUT2D eigenvalue weighted by Crippen LogP contribution is -2.59. The van der Waals surface area contributed by atoms with Crippen LogP contribution in [0.15, 0.2) is 48.7 Å². The lowest BCUT2D eigenvalue weighted by atomic mass is 9.85. The van der Waals surface area contributed by atoms with Gasteiger partial charge in [0.2, 0.25) is 5.91 Å². The van der Waals surface area contributed by atoms with Crippen molar-refractivity contribution < 1.29 is 4.79 Å². The maximum absolute atomic E-state index is 13.6. The van der Waals surface area contributed by atoms with Crippen molar-refractivity contribution in [1.29, 1.82) is 0 Å². The van der Waals surface area contributed by atoms with E-state index in [0.717, 1.165) is 61.3 Å². The third kappa shape index (κ3) is 3.12. The zero-order valence-corrected chi connectivity index (χ0v) is 16.9. The molecule has 150 valence electrons. The highest BCUT2D eigenvalue weighted by molar-refractivity contribution is 5.87. The van der Waals surface area contributed by atoms with Crippen LogP contribution in [0.1, 0.15) is 37.2 Å². The van der Waals surface area contributed by atoms with Gasteiger partial charge in [-0.25, -0.2) is 4.98 Å². The van der Waals surface area contributed by atoms with Gasteiger partial charge < -0.3 is 9.47 Å². The van der Waals surface area contributed by atoms with E-state index >= 15 is 0 Å². The van der Waals surface area contributed by atoms with Gasteiger partial charge in [-0.3, -0.25) is 14.7 Å². The summed E-state index contributed by atoms with van der Waals surface area (Å²) in [6.45, 7) is 3.08. The minimum atomic E-state index is -0.384. The highest BCUT2D eigenvalue weighted by Gasteiger charge is 2.50. The number of para-hydroxylation sites is 2. The number of imidazole rings is 1. The standard InChI is InChI=1S/C23H27N5O/c1-26-20-10-3-2-9-19(20)25-21(26)17-28-15-7-12-23(28)11-6-14-27(22(23)29)16-18-8-4-5-13-24-18/h2-5,8-10,13H,6-7,11-12,14-17H2,1H3. The van der Waals surface area contributed by atoms with Crippen molar-refractivity contribution in [3.63, 3.8) is 0 Å². The van der Waals surface area contributed by atoms with E-state index in [9.17, 15) is 4.79 Å². The number of nitrogens with zero attached hydrogens (tertiary/aromatic N) is 5. The molecule has 1 spiro atoms. The van der Waals surface area contributed by atoms with Crippen LogP contribution in [-0.4, -0.2) is 48.9 Å². The first-order valence-corrected chi connectivity index (χ1v) is 10.5. The lowest BCUT2D eigenvalue weighted by Gasteiger charge is -2.44. The van der Waals surface area contributed by atoms with E-state index in [-0.39, 0.29) is 11.4 Å². The summed E-state index contributed by atoms with van der Waals surface area (Å²) in [4.78, 5) is 27.3. The van der Waals surface area contributed by atoms with Gasteiger partial charge in [0.1, 0.15) is 11.4 Å². The van der Waals surface area contributed by atoms with Crippen molar-refractivity contribution in [2.24, 2.45) is 7.05 Å². The molecule has 2 fully saturated rings. The first-order valence-electron chi connectivity index (χ1n) is 10.5. The summed E-state index contributed by atoms with van der Waals surface area (Å²) in [5.74, 6) is 1.30. The fraction of sp³-hybridized carbons (Fsp3) is 0.435. The van der Waals surface area contributed by atoms with Crippen LogP contribution >= 0.6 is 0 Å². The Balaban J connectivity index is 1.41. The molecule has 1 amide bonds. The summed E-state index contributed by atoms with van der Waals surface area (Å²) in [6.07, 6.45) is 5.78. The number of carbonyl (C=O) groups excluding carboxylic acids is 1. The number of carbonyl (C=O) groups is 1. The number of aryl methyl sites for hydroxylation is 1. The van der Waals surface area contributed by atoms with Gasteiger partial charge in [0.05, 0.1) is 29.8 Å². The molecule has 1 atom stereocenters. The van der Waals surface area contributed by atoms with Crippen LogP contribution in [0.4, 0.5) is 0 Å². The molecule has 6 heteroatoms. The first-order chi connectivity index (χ1) is 14.2. The summed E-state index contributed by atoms with van der Waals surface area (Å²) in [5, 5.41) is 0. The van der Waals surface area contributed by atoms with E-state index in [1.165, 1.54) is 0 Å². The molecular formula is C23H27N5O. The van der Waals surface area contributed by atoms with Crippen molar-refractivity contribution in [2.75, 3.05) is 13.1 Å². The molecule has 6 nitrogen and oxygen atoms in total. The van der Waals surface area contributed by atoms with Crippen LogP contribution in [0.5, 0.6) is 0 Å². The second-order valence-corrected chi connectivity index (χ2v) is 8.28. The predicted molar refractivity (Wildman–Crippen MR) is 112 cm³/mol. The van der Waals surface area contributed by atoms with Gasteiger partial charge in [-0.05, 0) is 56.5 Å². The third-order valence-corrected chi connectivity index (χ3v) is 6.62. The van der Waals surface area contributed by atoms with Crippen LogP contribution < -0.4 is 0 Å². The molecule has 2 aromatic heterocycles. The molecule has 29 heavy (non-hydrogen) atoms. The second-order valence-electron chi connectivity index (χ2n) is 8.28. The van der Waals surface area contributed by atoms with Gasteiger partial charge in [0, 0.05) is 19.8 Å². The van der Waals surface area contributed by atoms with Gasteiger partial charge in [0.25, 0.3) is 0 Å². The highest BCUT2D eigenvalue weighted by Crippen LogP contribution is 2.39. The van der Waals surface area contributed by atoms with Gasteiger partial charge >= 0.3 is 0 Å². The first kappa shape index (κ1) is 18.3. The zero-order valence-electron chi connectivity index (χ0n) is 16.9. The predicted octanol–water partition coefficient (Wildman–Crippen LogP) is 3.13. The molecule has 1 aromatic carbocycles. The van der Waals surface area contributed by atoms with Crippen molar-refractivity contribution in [2.45, 2.75) is 44.3 Å². The molecule has 2 aliphatic rings. The SMILES string of the molecule is Cn1c(CN2CCCC23CCCN(Cc2ccccn2)C3=O)nc2ccccc21. The molecule has 0 radical (unpaired) electrons. The van der Waals surface area contributed by atoms with Crippen LogP contribution in [0.3, 0.4) is 0 Å². The maximum atomic E-state index is 13.6. The lowest BCUT2D eigenvalue weighted by molar-refractivity contribution is -0.148. The number of pyridine rings is 1. The number of hydrogen-bond donors (Lipinski definition) is 0. The Morgan fingerprint density at radius 2 is 1.79 bits per heavy atom. The smallest absolute Gasteiger partial charge is 0.243 e. The Kier molecular flexibility index (Phi) is 4.59. The molecule has 2 saturated heterocycles. The van der Waals surface area contributed by atoms with E-state index in [2.05, 4.69) is 33.6 Å². The molecule has 0 saturated carbocycles. The maximum Gasteiger partial charge on any atom is 0.243 e. The molecule has 0 aliphatic carbocycles. The minimum absolute atomic E-state index is 0.269. The molecule has 1 unspecified atom stereocenters. The average Bonchev–Trinajstić information content (AvgIpc) is 3.29. The number of hydrogen-bond acceptors (Lipinski definition) is 4. The average molecular weight is 390 g/mol. The van der Waals surface area contributed by atoms with Crippen molar-refractivity contribution >= 4 is 16.9 Å². The molecule has 3 aromatic rings. The Bertz CT molecular complexity index is 1030. The van der Waals surface area contributed by atoms with E-state index in [1.807, 2.05) is 35.2 Å². The third-order valence-electron chi connectivity index (χ3n) is 6.62. The monoisotopic (exact) mass is 389 g/mol. The Morgan fingerprint density at radius 3 is 2.59 bits per heavy atom. The molecular weight excluding hydrogens is 362 g/mol. The number of benzene rings is 1. The fourth-order valence-corrected chi connectivity index (χ4v) is 5.10. The van der Waals surface area contributed by atoms with Gasteiger partial charge in [-0.1, -0.05) is 18.2 Å². The van der Waals surface area contributed by atoms with Gasteiger partial charge in [0.15, 0.2) is 0 Å². The molecule has 0 bridgehead atoms. The van der Waals surface area contributed by atoms with Crippen LogP contribution in [0.25, 0.3) is 11.0 Å². The van der Waals surface area contributed by atoms with Crippen molar-refractivity contribution in [1.82, 2.24) is 24.3 Å². The van der Waals surface area contributed by atoms with Crippen LogP contribution in [0, 0.1) is 0 Å². The molecule has 4 heterocycles. The quantitative estimate of drug-likeness (QED) is 0.688. The van der Waals surface area contributed by atoms with Crippen LogP contribution in [-0.2, 0) is 24.9 Å². The van der Waals surface area contributed by atoms with Crippen molar-refractivity contribution in [3.05, 3.63) is 60.2 Å². The summed E-state index contributed by atoms with van der Waals surface area (Å²) < 4.78 is 2.17. The number of amides is 1. The number of rotatable bonds is 4. The molecule has 2 aliphatic heterocycles. The summed E-state index contributed by atoms with van der Waals surface area (Å²) >= 11 is 0. The van der Waals surface area contributed by atoms with E-state index in [0.29, 0.717) is 13.1 Å². The topological polar surface area (TPSA) is 54.3 Å². The number of aromatic nitrogens is 3. The second kappa shape index (κ2) is 7.26. The Morgan fingerprint density at radius 1 is 1.00 bits per heavy atom. The highest BCUT2D eigenvalue weighted by atomic mass is 16.2. The largest absolute Gasteiger partial charge is 0.335 e. The van der Waals surface area contributed by atoms with Gasteiger partial charge in [-0.15, -0.1) is 0 Å². The van der Waals surface area contributed by atoms with Crippen LogP contribution in [0.2, 0.25) is 0 Å². The fourth-order valence-electron chi connectivity index (χ4n) is 5.10. The summed E-state index contributed by atoms with van der Waals surface area (Å²) in [7, 11) is 2.07. The van der Waals surface area contributed by atoms with Crippen molar-refractivity contribution in [3.8, 4) is 0 Å². The molecule has 5 rings (SSSR count). The Hall–Kier alpha value is -2.73. The minimum Gasteiger partial charge on any atom is -0.335 e. The van der Waals surface area contributed by atoms with E-state index in [4.69, 9.17) is 4.98 Å². The molecule has 0 N–H and O–H groups in total. The summed E-state index contributed by atoms with van der Waals surface area (Å²) in [6, 6.07) is 14.1.